The summed E-state index contributed by atoms with van der Waals surface area (Å²) in [6.07, 6.45) is 0.700. The molecule has 0 radical (unpaired) electrons. The van der Waals surface area contributed by atoms with Crippen LogP contribution < -0.4 is 10.6 Å². The van der Waals surface area contributed by atoms with Gasteiger partial charge in [-0.2, -0.15) is 0 Å². The van der Waals surface area contributed by atoms with Crippen LogP contribution in [0, 0.1) is 12.8 Å². The van der Waals surface area contributed by atoms with Gasteiger partial charge in [-0.25, -0.2) is 4.79 Å². The number of phenols is 1. The standard InChI is InChI=1S/C29H41N3O5/c1-8-9-18-32(27(35)24(19(2)3)31-28(36)37-29(5,6)7)25(21-15-11-13-17-23(21)33)26(34)30-22-16-12-10-14-20(22)4/h10-17,19,24-25,33H,8-9,18H2,1-7H3,(H,30,34)(H,31,36). The summed E-state index contributed by atoms with van der Waals surface area (Å²) in [4.78, 5) is 41.9. The minimum Gasteiger partial charge on any atom is -0.508 e. The summed E-state index contributed by atoms with van der Waals surface area (Å²) >= 11 is 0. The molecule has 0 saturated carbocycles. The first-order valence-electron chi connectivity index (χ1n) is 12.8. The maximum atomic E-state index is 14.0. The van der Waals surface area contributed by atoms with Gasteiger partial charge in [0, 0.05) is 17.8 Å². The first kappa shape index (κ1) is 29.7. The van der Waals surface area contributed by atoms with E-state index in [9.17, 15) is 19.5 Å². The number of aromatic hydroxyl groups is 1. The zero-order valence-corrected chi connectivity index (χ0v) is 23.0. The van der Waals surface area contributed by atoms with Crippen LogP contribution in [0.5, 0.6) is 5.75 Å². The van der Waals surface area contributed by atoms with E-state index < -0.39 is 35.6 Å². The van der Waals surface area contributed by atoms with Crippen molar-refractivity contribution in [3.8, 4) is 5.75 Å². The van der Waals surface area contributed by atoms with Crippen molar-refractivity contribution in [2.24, 2.45) is 5.92 Å². The highest BCUT2D eigenvalue weighted by molar-refractivity contribution is 5.99. The number of unbranched alkanes of at least 4 members (excludes halogenated alkanes) is 1. The maximum absolute atomic E-state index is 14.0. The van der Waals surface area contributed by atoms with E-state index in [1.165, 1.54) is 11.0 Å². The Labute approximate surface area is 220 Å². The number of carbonyl (C=O) groups excluding carboxylic acids is 3. The first-order valence-corrected chi connectivity index (χ1v) is 12.8. The van der Waals surface area contributed by atoms with Crippen LogP contribution in [-0.4, -0.2) is 46.1 Å². The Morgan fingerprint density at radius 2 is 1.65 bits per heavy atom. The third-order valence-electron chi connectivity index (χ3n) is 5.83. The van der Waals surface area contributed by atoms with E-state index in [1.54, 1.807) is 45.0 Å². The number of hydrogen-bond acceptors (Lipinski definition) is 5. The van der Waals surface area contributed by atoms with Crippen LogP contribution in [0.4, 0.5) is 10.5 Å². The lowest BCUT2D eigenvalue weighted by Crippen LogP contribution is -2.54. The van der Waals surface area contributed by atoms with Gasteiger partial charge in [-0.1, -0.05) is 63.6 Å². The number of nitrogens with zero attached hydrogens (tertiary/aromatic N) is 1. The zero-order valence-electron chi connectivity index (χ0n) is 23.0. The van der Waals surface area contributed by atoms with E-state index in [1.807, 2.05) is 45.9 Å². The molecule has 2 atom stereocenters. The molecule has 2 aromatic rings. The number of anilines is 1. The largest absolute Gasteiger partial charge is 0.508 e. The van der Waals surface area contributed by atoms with E-state index in [-0.39, 0.29) is 18.2 Å². The lowest BCUT2D eigenvalue weighted by Gasteiger charge is -2.35. The smallest absolute Gasteiger partial charge is 0.408 e. The first-order chi connectivity index (χ1) is 17.4. The molecular formula is C29H41N3O5. The molecule has 37 heavy (non-hydrogen) atoms. The van der Waals surface area contributed by atoms with Gasteiger partial charge in [0.2, 0.25) is 5.91 Å². The topological polar surface area (TPSA) is 108 Å². The predicted molar refractivity (Wildman–Crippen MR) is 145 cm³/mol. The summed E-state index contributed by atoms with van der Waals surface area (Å²) in [6, 6.07) is 11.8. The van der Waals surface area contributed by atoms with Gasteiger partial charge in [0.25, 0.3) is 5.91 Å². The minimum atomic E-state index is -1.12. The fraction of sp³-hybridized carbons (Fsp3) is 0.483. The number of alkyl carbamates (subject to hydrolysis) is 1. The van der Waals surface area contributed by atoms with Crippen molar-refractivity contribution < 1.29 is 24.2 Å². The Morgan fingerprint density at radius 1 is 1.03 bits per heavy atom. The van der Waals surface area contributed by atoms with Gasteiger partial charge in [0.05, 0.1) is 0 Å². The molecule has 0 fully saturated rings. The quantitative estimate of drug-likeness (QED) is 0.387. The van der Waals surface area contributed by atoms with E-state index in [0.29, 0.717) is 17.7 Å². The number of benzene rings is 2. The lowest BCUT2D eigenvalue weighted by atomic mass is 9.97. The maximum Gasteiger partial charge on any atom is 0.408 e. The van der Waals surface area contributed by atoms with Crippen LogP contribution in [0.3, 0.4) is 0 Å². The molecule has 202 valence electrons. The van der Waals surface area contributed by atoms with Gasteiger partial charge in [0.15, 0.2) is 0 Å². The lowest BCUT2D eigenvalue weighted by molar-refractivity contribution is -0.141. The molecule has 0 heterocycles. The number of nitrogens with one attached hydrogen (secondary N) is 2. The molecule has 2 rings (SSSR count). The van der Waals surface area contributed by atoms with Crippen molar-refractivity contribution in [3.05, 3.63) is 59.7 Å². The third kappa shape index (κ3) is 8.51. The fourth-order valence-electron chi connectivity index (χ4n) is 3.91. The second-order valence-electron chi connectivity index (χ2n) is 10.5. The molecule has 2 aromatic carbocycles. The number of carbonyl (C=O) groups is 3. The number of amides is 3. The van der Waals surface area contributed by atoms with E-state index in [2.05, 4.69) is 10.6 Å². The van der Waals surface area contributed by atoms with Crippen molar-refractivity contribution in [3.63, 3.8) is 0 Å². The summed E-state index contributed by atoms with van der Waals surface area (Å²) in [6.45, 7) is 13.0. The van der Waals surface area contributed by atoms with Crippen LogP contribution in [-0.2, 0) is 14.3 Å². The molecule has 0 saturated heterocycles. The Bertz CT molecular complexity index is 1080. The highest BCUT2D eigenvalue weighted by atomic mass is 16.6. The molecule has 8 heteroatoms. The summed E-state index contributed by atoms with van der Waals surface area (Å²) in [7, 11) is 0. The molecule has 2 unspecified atom stereocenters. The molecule has 8 nitrogen and oxygen atoms in total. The van der Waals surface area contributed by atoms with E-state index in [0.717, 1.165) is 12.0 Å². The van der Waals surface area contributed by atoms with Crippen molar-refractivity contribution in [1.29, 1.82) is 0 Å². The average Bonchev–Trinajstić information content (AvgIpc) is 2.80. The summed E-state index contributed by atoms with van der Waals surface area (Å²) < 4.78 is 5.39. The fourth-order valence-corrected chi connectivity index (χ4v) is 3.91. The van der Waals surface area contributed by atoms with Crippen molar-refractivity contribution in [1.82, 2.24) is 10.2 Å². The Balaban J connectivity index is 2.53. The zero-order chi connectivity index (χ0) is 27.8. The number of phenolic OH excluding ortho intramolecular Hbond substituents is 1. The summed E-state index contributed by atoms with van der Waals surface area (Å²) in [5, 5.41) is 16.4. The molecule has 3 N–H and O–H groups in total. The number of para-hydroxylation sites is 2. The summed E-state index contributed by atoms with van der Waals surface area (Å²) in [5.41, 5.74) is 1.05. The average molecular weight is 512 g/mol. The minimum absolute atomic E-state index is 0.0945. The van der Waals surface area contributed by atoms with Crippen molar-refractivity contribution in [2.45, 2.75) is 79.0 Å². The molecule has 0 aliphatic heterocycles. The van der Waals surface area contributed by atoms with Crippen molar-refractivity contribution in [2.75, 3.05) is 11.9 Å². The van der Waals surface area contributed by atoms with Crippen LogP contribution in [0.15, 0.2) is 48.5 Å². The second-order valence-corrected chi connectivity index (χ2v) is 10.5. The van der Waals surface area contributed by atoms with Gasteiger partial charge in [0.1, 0.15) is 23.4 Å². The highest BCUT2D eigenvalue weighted by Crippen LogP contribution is 2.32. The number of rotatable bonds is 10. The Hall–Kier alpha value is -3.55. The number of aryl methyl sites for hydroxylation is 1. The van der Waals surface area contributed by atoms with Crippen LogP contribution >= 0.6 is 0 Å². The normalized spacial score (nSPS) is 13.0. The molecular weight excluding hydrogens is 470 g/mol. The number of ether oxygens (including phenoxy) is 1. The van der Waals surface area contributed by atoms with Gasteiger partial charge >= 0.3 is 6.09 Å². The van der Waals surface area contributed by atoms with Crippen LogP contribution in [0.2, 0.25) is 0 Å². The molecule has 0 aliphatic carbocycles. The highest BCUT2D eigenvalue weighted by Gasteiger charge is 2.38. The van der Waals surface area contributed by atoms with E-state index in [4.69, 9.17) is 4.74 Å². The molecule has 0 bridgehead atoms. The molecule has 0 aromatic heterocycles. The predicted octanol–water partition coefficient (Wildman–Crippen LogP) is 5.56. The second kappa shape index (κ2) is 13.1. The van der Waals surface area contributed by atoms with E-state index >= 15 is 0 Å². The van der Waals surface area contributed by atoms with Crippen molar-refractivity contribution >= 4 is 23.6 Å². The van der Waals surface area contributed by atoms with Gasteiger partial charge in [-0.05, 0) is 57.7 Å². The van der Waals surface area contributed by atoms with Gasteiger partial charge < -0.3 is 25.4 Å². The van der Waals surface area contributed by atoms with Crippen LogP contribution in [0.25, 0.3) is 0 Å². The Morgan fingerprint density at radius 3 is 2.22 bits per heavy atom. The van der Waals surface area contributed by atoms with Crippen LogP contribution in [0.1, 0.15) is 71.6 Å². The summed E-state index contributed by atoms with van der Waals surface area (Å²) in [5.74, 6) is -1.26. The molecule has 3 amide bonds. The van der Waals surface area contributed by atoms with Gasteiger partial charge in [-0.15, -0.1) is 0 Å². The Kier molecular flexibility index (Phi) is 10.5. The monoisotopic (exact) mass is 511 g/mol. The number of hydrogen-bond donors (Lipinski definition) is 3. The van der Waals surface area contributed by atoms with Gasteiger partial charge in [-0.3, -0.25) is 9.59 Å². The molecule has 0 aliphatic rings. The molecule has 0 spiro atoms. The SMILES string of the molecule is CCCCN(C(=O)C(NC(=O)OC(C)(C)C)C(C)C)C(C(=O)Nc1ccccc1C)c1ccccc1O. The third-order valence-corrected chi connectivity index (χ3v) is 5.83.